The van der Waals surface area contributed by atoms with Gasteiger partial charge in [-0.1, -0.05) is 23.7 Å². The van der Waals surface area contributed by atoms with E-state index in [1.165, 1.54) is 7.11 Å². The number of carbonyl (C=O) groups excluding carboxylic acids is 2. The van der Waals surface area contributed by atoms with E-state index in [9.17, 15) is 9.59 Å². The van der Waals surface area contributed by atoms with Crippen LogP contribution in [0.3, 0.4) is 0 Å². The minimum atomic E-state index is -0.165. The van der Waals surface area contributed by atoms with Crippen LogP contribution in [0.15, 0.2) is 24.3 Å². The summed E-state index contributed by atoms with van der Waals surface area (Å²) in [6, 6.07) is 7.05. The molecule has 2 rings (SSSR count). The van der Waals surface area contributed by atoms with Crippen LogP contribution in [0.4, 0.5) is 0 Å². The van der Waals surface area contributed by atoms with Crippen LogP contribution < -0.4 is 5.32 Å². The fraction of sp³-hybridized carbons (Fsp3) is 0.467. The number of piperidine rings is 1. The number of carbonyl (C=O) groups is 2. The van der Waals surface area contributed by atoms with Crippen LogP contribution in [0.2, 0.25) is 5.02 Å². The molecule has 0 radical (unpaired) electrons. The van der Waals surface area contributed by atoms with Crippen LogP contribution in [-0.2, 0) is 9.53 Å². The number of methoxy groups -OCH3 is 1. The number of nitrogens with zero attached hydrogens (tertiary/aromatic N) is 1. The van der Waals surface area contributed by atoms with Crippen molar-refractivity contribution in [2.45, 2.75) is 18.9 Å². The van der Waals surface area contributed by atoms with Crippen molar-refractivity contribution in [1.82, 2.24) is 10.2 Å². The van der Waals surface area contributed by atoms with E-state index in [2.05, 4.69) is 5.32 Å². The normalized spacial score (nSPS) is 15.8. The quantitative estimate of drug-likeness (QED) is 0.921. The van der Waals surface area contributed by atoms with Gasteiger partial charge >= 0.3 is 0 Å². The number of rotatable bonds is 4. The molecule has 0 saturated carbocycles. The fourth-order valence-electron chi connectivity index (χ4n) is 2.40. The molecule has 1 aliphatic rings. The molecule has 2 amide bonds. The van der Waals surface area contributed by atoms with Gasteiger partial charge in [-0.3, -0.25) is 9.59 Å². The molecule has 1 heterocycles. The first-order valence-electron chi connectivity index (χ1n) is 6.94. The molecule has 1 fully saturated rings. The Bertz CT molecular complexity index is 513. The second-order valence-corrected chi connectivity index (χ2v) is 5.45. The Labute approximate surface area is 129 Å². The molecule has 21 heavy (non-hydrogen) atoms. The minimum Gasteiger partial charge on any atom is -0.375 e. The minimum absolute atomic E-state index is 0.00613. The first kappa shape index (κ1) is 15.8. The van der Waals surface area contributed by atoms with Gasteiger partial charge in [0.15, 0.2) is 0 Å². The van der Waals surface area contributed by atoms with Crippen LogP contribution in [-0.4, -0.2) is 49.6 Å². The third kappa shape index (κ3) is 4.19. The number of amides is 2. The molecule has 114 valence electrons. The molecule has 0 atom stereocenters. The zero-order chi connectivity index (χ0) is 15.2. The number of benzene rings is 1. The highest BCUT2D eigenvalue weighted by atomic mass is 35.5. The van der Waals surface area contributed by atoms with Crippen molar-refractivity contribution >= 4 is 23.4 Å². The number of hydrogen-bond acceptors (Lipinski definition) is 3. The number of nitrogens with one attached hydrogen (secondary N) is 1. The Hall–Kier alpha value is -1.59. The van der Waals surface area contributed by atoms with Crippen LogP contribution in [0, 0.1) is 0 Å². The van der Waals surface area contributed by atoms with Gasteiger partial charge in [-0.2, -0.15) is 0 Å². The number of likely N-dealkylation sites (tertiary alicyclic amines) is 1. The van der Waals surface area contributed by atoms with Gasteiger partial charge in [0.1, 0.15) is 6.61 Å². The Balaban J connectivity index is 1.85. The Morgan fingerprint density at radius 1 is 1.33 bits per heavy atom. The van der Waals surface area contributed by atoms with Gasteiger partial charge < -0.3 is 15.0 Å². The second kappa shape index (κ2) is 7.43. The number of hydrogen-bond donors (Lipinski definition) is 1. The highest BCUT2D eigenvalue weighted by Crippen LogP contribution is 2.16. The Morgan fingerprint density at radius 2 is 2.00 bits per heavy atom. The summed E-state index contributed by atoms with van der Waals surface area (Å²) in [6.07, 6.45) is 1.48. The van der Waals surface area contributed by atoms with Gasteiger partial charge in [0.25, 0.3) is 5.91 Å². The zero-order valence-corrected chi connectivity index (χ0v) is 12.7. The SMILES string of the molecule is COCC(=O)N1CCC(NC(=O)c2ccccc2Cl)CC1. The highest BCUT2D eigenvalue weighted by Gasteiger charge is 2.24. The maximum absolute atomic E-state index is 12.2. The molecule has 0 aromatic heterocycles. The van der Waals surface area contributed by atoms with Crippen molar-refractivity contribution in [3.8, 4) is 0 Å². The van der Waals surface area contributed by atoms with Gasteiger partial charge in [-0.15, -0.1) is 0 Å². The van der Waals surface area contributed by atoms with Gasteiger partial charge in [-0.05, 0) is 25.0 Å². The summed E-state index contributed by atoms with van der Waals surface area (Å²) in [6.45, 7) is 1.38. The smallest absolute Gasteiger partial charge is 0.253 e. The van der Waals surface area contributed by atoms with E-state index in [-0.39, 0.29) is 24.5 Å². The molecule has 0 aliphatic carbocycles. The van der Waals surface area contributed by atoms with Crippen LogP contribution >= 0.6 is 11.6 Å². The van der Waals surface area contributed by atoms with E-state index in [1.807, 2.05) is 0 Å². The molecule has 0 unspecified atom stereocenters. The summed E-state index contributed by atoms with van der Waals surface area (Å²) in [5.41, 5.74) is 0.483. The molecule has 1 saturated heterocycles. The largest absolute Gasteiger partial charge is 0.375 e. The molecular weight excluding hydrogens is 292 g/mol. The van der Waals surface area contributed by atoms with E-state index < -0.39 is 0 Å². The van der Waals surface area contributed by atoms with E-state index >= 15 is 0 Å². The Morgan fingerprint density at radius 3 is 2.62 bits per heavy atom. The monoisotopic (exact) mass is 310 g/mol. The molecule has 0 spiro atoms. The third-order valence-electron chi connectivity index (χ3n) is 3.57. The van der Waals surface area contributed by atoms with E-state index in [4.69, 9.17) is 16.3 Å². The van der Waals surface area contributed by atoms with E-state index in [0.29, 0.717) is 23.7 Å². The van der Waals surface area contributed by atoms with Gasteiger partial charge in [0.2, 0.25) is 5.91 Å². The lowest BCUT2D eigenvalue weighted by Gasteiger charge is -2.32. The summed E-state index contributed by atoms with van der Waals surface area (Å²) in [4.78, 5) is 25.6. The van der Waals surface area contributed by atoms with Gasteiger partial charge in [0.05, 0.1) is 10.6 Å². The van der Waals surface area contributed by atoms with Crippen LogP contribution in [0.5, 0.6) is 0 Å². The van der Waals surface area contributed by atoms with E-state index in [0.717, 1.165) is 12.8 Å². The first-order chi connectivity index (χ1) is 10.1. The lowest BCUT2D eigenvalue weighted by atomic mass is 10.0. The zero-order valence-electron chi connectivity index (χ0n) is 12.0. The standard InChI is InChI=1S/C15H19ClN2O3/c1-21-10-14(19)18-8-6-11(7-9-18)17-15(20)12-4-2-3-5-13(12)16/h2-5,11H,6-10H2,1H3,(H,17,20). The predicted molar refractivity (Wildman–Crippen MR) is 80.4 cm³/mol. The topological polar surface area (TPSA) is 58.6 Å². The summed E-state index contributed by atoms with van der Waals surface area (Å²) in [7, 11) is 1.51. The predicted octanol–water partition coefficient (Wildman–Crippen LogP) is 1.71. The number of halogens is 1. The Kier molecular flexibility index (Phi) is 5.59. The summed E-state index contributed by atoms with van der Waals surface area (Å²) in [5, 5.41) is 3.42. The highest BCUT2D eigenvalue weighted by molar-refractivity contribution is 6.33. The summed E-state index contributed by atoms with van der Waals surface area (Å²) < 4.78 is 4.84. The molecular formula is C15H19ClN2O3. The van der Waals surface area contributed by atoms with Crippen molar-refractivity contribution in [3.05, 3.63) is 34.9 Å². The van der Waals surface area contributed by atoms with E-state index in [1.54, 1.807) is 29.2 Å². The molecule has 6 heteroatoms. The number of ether oxygens (including phenoxy) is 1. The second-order valence-electron chi connectivity index (χ2n) is 5.04. The lowest BCUT2D eigenvalue weighted by molar-refractivity contribution is -0.136. The van der Waals surface area contributed by atoms with Crippen LogP contribution in [0.1, 0.15) is 23.2 Å². The van der Waals surface area contributed by atoms with Gasteiger partial charge in [0, 0.05) is 26.2 Å². The molecule has 1 aromatic carbocycles. The maximum Gasteiger partial charge on any atom is 0.253 e. The van der Waals surface area contributed by atoms with Crippen molar-refractivity contribution in [1.29, 1.82) is 0 Å². The van der Waals surface area contributed by atoms with Crippen molar-refractivity contribution in [2.24, 2.45) is 0 Å². The third-order valence-corrected chi connectivity index (χ3v) is 3.90. The molecule has 1 N–H and O–H groups in total. The van der Waals surface area contributed by atoms with Crippen molar-refractivity contribution in [3.63, 3.8) is 0 Å². The lowest BCUT2D eigenvalue weighted by Crippen LogP contribution is -2.47. The van der Waals surface area contributed by atoms with Crippen molar-refractivity contribution in [2.75, 3.05) is 26.8 Å². The molecule has 0 bridgehead atoms. The summed E-state index contributed by atoms with van der Waals surface area (Å²) in [5.74, 6) is -0.171. The molecule has 5 nitrogen and oxygen atoms in total. The average molecular weight is 311 g/mol. The molecule has 1 aliphatic heterocycles. The van der Waals surface area contributed by atoms with Crippen LogP contribution in [0.25, 0.3) is 0 Å². The average Bonchev–Trinajstić information content (AvgIpc) is 2.48. The maximum atomic E-state index is 12.2. The molecule has 1 aromatic rings. The fourth-order valence-corrected chi connectivity index (χ4v) is 2.62. The summed E-state index contributed by atoms with van der Waals surface area (Å²) >= 11 is 6.01. The first-order valence-corrected chi connectivity index (χ1v) is 7.31. The van der Waals surface area contributed by atoms with Gasteiger partial charge in [-0.25, -0.2) is 0 Å². The van der Waals surface area contributed by atoms with Crippen molar-refractivity contribution < 1.29 is 14.3 Å².